The molecule has 0 aliphatic carbocycles. The van der Waals surface area contributed by atoms with Gasteiger partial charge in [-0.2, -0.15) is 5.26 Å². The van der Waals surface area contributed by atoms with Gasteiger partial charge in [-0.1, -0.05) is 0 Å². The fourth-order valence-electron chi connectivity index (χ4n) is 3.03. The first kappa shape index (κ1) is 15.5. The predicted octanol–water partition coefficient (Wildman–Crippen LogP) is -0.0703. The van der Waals surface area contributed by atoms with Crippen LogP contribution in [0.1, 0.15) is 11.8 Å². The Morgan fingerprint density at radius 2 is 2.08 bits per heavy atom. The molecule has 0 bridgehead atoms. The largest absolute Gasteiger partial charge is 0.394 e. The molecule has 0 amide bonds. The highest BCUT2D eigenvalue weighted by Crippen LogP contribution is 2.38. The van der Waals surface area contributed by atoms with E-state index < -0.39 is 31.1 Å². The van der Waals surface area contributed by atoms with E-state index in [-0.39, 0.29) is 0 Å². The fraction of sp³-hybridized carbons (Fsp3) is 0.357. The van der Waals surface area contributed by atoms with Gasteiger partial charge >= 0.3 is 0 Å². The van der Waals surface area contributed by atoms with Gasteiger partial charge in [0.25, 0.3) is 0 Å². The Kier molecular flexibility index (Phi) is 3.56. The summed E-state index contributed by atoms with van der Waals surface area (Å²) < 4.78 is 9.10. The van der Waals surface area contributed by atoms with Gasteiger partial charge in [0.15, 0.2) is 6.23 Å². The molecule has 3 aromatic rings. The number of fused-ring (bicyclic) bond motifs is 3. The highest BCUT2D eigenvalue weighted by Gasteiger charge is 2.45. The highest BCUT2D eigenvalue weighted by atomic mass is 79.9. The number of hydrogen-bond donors (Lipinski definition) is 3. The zero-order valence-corrected chi connectivity index (χ0v) is 13.7. The molecule has 4 rings (SSSR count). The Morgan fingerprint density at radius 3 is 2.75 bits per heavy atom. The van der Waals surface area contributed by atoms with E-state index in [1.54, 1.807) is 16.8 Å². The lowest BCUT2D eigenvalue weighted by molar-refractivity contribution is -0.0518. The summed E-state index contributed by atoms with van der Waals surface area (Å²) in [5.41, 5.74) is 1.22. The van der Waals surface area contributed by atoms with Crippen LogP contribution in [-0.4, -0.2) is 59.2 Å². The van der Waals surface area contributed by atoms with Gasteiger partial charge in [0.05, 0.1) is 17.6 Å². The molecule has 1 fully saturated rings. The molecule has 1 aliphatic rings. The van der Waals surface area contributed by atoms with Gasteiger partial charge in [0.2, 0.25) is 0 Å². The maximum Gasteiger partial charge on any atom is 0.165 e. The topological polar surface area (TPSA) is 129 Å². The van der Waals surface area contributed by atoms with Crippen LogP contribution in [0.15, 0.2) is 23.3 Å². The molecule has 4 atom stereocenters. The summed E-state index contributed by atoms with van der Waals surface area (Å²) in [6, 6.07) is 2.11. The Labute approximate surface area is 143 Å². The quantitative estimate of drug-likeness (QED) is 0.555. The van der Waals surface area contributed by atoms with Crippen molar-refractivity contribution in [2.45, 2.75) is 24.5 Å². The van der Waals surface area contributed by atoms with E-state index in [1.165, 1.54) is 10.9 Å². The number of nitrogens with zero attached hydrogens (tertiary/aromatic N) is 5. The van der Waals surface area contributed by atoms with Crippen LogP contribution in [0, 0.1) is 11.3 Å². The Bertz CT molecular complexity index is 977. The van der Waals surface area contributed by atoms with E-state index >= 15 is 0 Å². The van der Waals surface area contributed by atoms with Crippen LogP contribution in [-0.2, 0) is 4.74 Å². The number of aliphatic hydroxyl groups is 3. The van der Waals surface area contributed by atoms with Crippen molar-refractivity contribution in [2.24, 2.45) is 0 Å². The number of aromatic nitrogens is 4. The van der Waals surface area contributed by atoms with Crippen LogP contribution in [0.2, 0.25) is 0 Å². The maximum atomic E-state index is 10.3. The molecule has 0 radical (unpaired) electrons. The molecule has 24 heavy (non-hydrogen) atoms. The molecule has 9 nitrogen and oxygen atoms in total. The molecular formula is C14H12BrN5O4. The maximum absolute atomic E-state index is 10.3. The molecule has 0 aromatic carbocycles. The zero-order chi connectivity index (χ0) is 17.0. The van der Waals surface area contributed by atoms with Crippen molar-refractivity contribution >= 4 is 32.6 Å². The molecule has 124 valence electrons. The first-order valence-electron chi connectivity index (χ1n) is 7.12. The Morgan fingerprint density at radius 1 is 1.29 bits per heavy atom. The average Bonchev–Trinajstić information content (AvgIpc) is 3.23. The lowest BCUT2D eigenvalue weighted by atomic mass is 10.1. The molecule has 4 unspecified atom stereocenters. The SMILES string of the molecule is N#Cc1c(Br)n(C2OC(CO)C(O)C2O)c2ncn3ccnc3c12. The summed E-state index contributed by atoms with van der Waals surface area (Å²) in [6.45, 7) is -0.436. The summed E-state index contributed by atoms with van der Waals surface area (Å²) in [6.07, 6.45) is 0.394. The van der Waals surface area contributed by atoms with E-state index in [4.69, 9.17) is 4.74 Å². The van der Waals surface area contributed by atoms with E-state index in [0.29, 0.717) is 26.8 Å². The summed E-state index contributed by atoms with van der Waals surface area (Å²) >= 11 is 3.36. The van der Waals surface area contributed by atoms with E-state index in [0.717, 1.165) is 0 Å². The summed E-state index contributed by atoms with van der Waals surface area (Å²) in [4.78, 5) is 8.58. The third-order valence-electron chi connectivity index (χ3n) is 4.20. The van der Waals surface area contributed by atoms with Crippen molar-refractivity contribution in [1.82, 2.24) is 18.9 Å². The van der Waals surface area contributed by atoms with Gasteiger partial charge in [-0.3, -0.25) is 8.97 Å². The Balaban J connectivity index is 2.00. The van der Waals surface area contributed by atoms with E-state index in [2.05, 4.69) is 32.0 Å². The molecule has 3 N–H and O–H groups in total. The smallest absolute Gasteiger partial charge is 0.165 e. The van der Waals surface area contributed by atoms with Gasteiger partial charge in [-0.25, -0.2) is 9.97 Å². The first-order valence-corrected chi connectivity index (χ1v) is 7.91. The van der Waals surface area contributed by atoms with Crippen molar-refractivity contribution in [1.29, 1.82) is 5.26 Å². The van der Waals surface area contributed by atoms with Gasteiger partial charge in [-0.05, 0) is 15.9 Å². The first-order chi connectivity index (χ1) is 11.6. The van der Waals surface area contributed by atoms with Crippen molar-refractivity contribution in [3.05, 3.63) is 28.9 Å². The van der Waals surface area contributed by atoms with Crippen LogP contribution in [0.4, 0.5) is 0 Å². The third kappa shape index (κ3) is 1.93. The van der Waals surface area contributed by atoms with Crippen molar-refractivity contribution in [2.75, 3.05) is 6.61 Å². The number of aliphatic hydroxyl groups excluding tert-OH is 3. The van der Waals surface area contributed by atoms with Crippen molar-refractivity contribution in [3.8, 4) is 6.07 Å². The number of nitriles is 1. The molecule has 0 spiro atoms. The molecule has 10 heteroatoms. The number of rotatable bonds is 2. The lowest BCUT2D eigenvalue weighted by Crippen LogP contribution is -2.33. The predicted molar refractivity (Wildman–Crippen MR) is 83.9 cm³/mol. The lowest BCUT2D eigenvalue weighted by Gasteiger charge is -2.18. The molecular weight excluding hydrogens is 382 g/mol. The van der Waals surface area contributed by atoms with E-state index in [1.807, 2.05) is 0 Å². The van der Waals surface area contributed by atoms with Crippen molar-refractivity contribution < 1.29 is 20.1 Å². The van der Waals surface area contributed by atoms with Crippen LogP contribution in [0.5, 0.6) is 0 Å². The van der Waals surface area contributed by atoms with Crippen molar-refractivity contribution in [3.63, 3.8) is 0 Å². The summed E-state index contributed by atoms with van der Waals surface area (Å²) in [5, 5.41) is 39.6. The van der Waals surface area contributed by atoms with Crippen LogP contribution in [0.3, 0.4) is 0 Å². The molecule has 0 saturated carbocycles. The second-order valence-electron chi connectivity index (χ2n) is 5.48. The van der Waals surface area contributed by atoms with Gasteiger partial charge < -0.3 is 20.1 Å². The Hall–Kier alpha value is -2.03. The normalized spacial score (nSPS) is 27.1. The number of halogens is 1. The minimum Gasteiger partial charge on any atom is -0.394 e. The minimum atomic E-state index is -1.28. The van der Waals surface area contributed by atoms with Crippen LogP contribution < -0.4 is 0 Å². The fourth-order valence-corrected chi connectivity index (χ4v) is 3.69. The summed E-state index contributed by atoms with van der Waals surface area (Å²) in [7, 11) is 0. The average molecular weight is 394 g/mol. The van der Waals surface area contributed by atoms with Gasteiger partial charge in [0.1, 0.15) is 46.6 Å². The highest BCUT2D eigenvalue weighted by molar-refractivity contribution is 9.10. The van der Waals surface area contributed by atoms with E-state index in [9.17, 15) is 20.6 Å². The number of imidazole rings is 1. The minimum absolute atomic E-state index is 0.298. The molecule has 4 heterocycles. The number of hydrogen-bond acceptors (Lipinski definition) is 7. The summed E-state index contributed by atoms with van der Waals surface area (Å²) in [5.74, 6) is 0. The molecule has 3 aromatic heterocycles. The standard InChI is InChI=1S/C14H12BrN5O4/c15-11-6(3-16)8-12-17-1-2-19(12)5-18-13(8)20(11)14-10(23)9(22)7(4-21)24-14/h1-2,5,7,9-10,14,21-23H,4H2. The zero-order valence-electron chi connectivity index (χ0n) is 12.1. The third-order valence-corrected chi connectivity index (χ3v) is 4.98. The van der Waals surface area contributed by atoms with Crippen LogP contribution in [0.25, 0.3) is 16.7 Å². The van der Waals surface area contributed by atoms with Gasteiger partial charge in [-0.15, -0.1) is 0 Å². The molecule has 1 saturated heterocycles. The second kappa shape index (κ2) is 5.51. The number of ether oxygens (including phenoxy) is 1. The van der Waals surface area contributed by atoms with Gasteiger partial charge in [0, 0.05) is 12.4 Å². The second-order valence-corrected chi connectivity index (χ2v) is 6.23. The monoisotopic (exact) mass is 393 g/mol. The van der Waals surface area contributed by atoms with Crippen LogP contribution >= 0.6 is 15.9 Å². The molecule has 1 aliphatic heterocycles.